The lowest BCUT2D eigenvalue weighted by Crippen LogP contribution is -2.48. The van der Waals surface area contributed by atoms with Crippen LogP contribution < -0.4 is 9.80 Å². The lowest BCUT2D eigenvalue weighted by molar-refractivity contribution is -0.126. The molecular formula is C22H29N5O. The minimum absolute atomic E-state index is 0.0610. The Morgan fingerprint density at radius 1 is 1.04 bits per heavy atom. The van der Waals surface area contributed by atoms with Crippen LogP contribution in [0.2, 0.25) is 0 Å². The van der Waals surface area contributed by atoms with Crippen LogP contribution in [0.4, 0.5) is 11.6 Å². The van der Waals surface area contributed by atoms with E-state index in [1.165, 1.54) is 5.56 Å². The molecule has 1 aliphatic rings. The van der Waals surface area contributed by atoms with Gasteiger partial charge in [-0.3, -0.25) is 4.79 Å². The summed E-state index contributed by atoms with van der Waals surface area (Å²) in [5.74, 6) is 1.84. The van der Waals surface area contributed by atoms with Gasteiger partial charge in [0.05, 0.1) is 0 Å². The van der Waals surface area contributed by atoms with Crippen molar-refractivity contribution in [3.05, 3.63) is 53.6 Å². The Morgan fingerprint density at radius 3 is 2.36 bits per heavy atom. The molecule has 1 aromatic carbocycles. The number of rotatable bonds is 6. The first-order chi connectivity index (χ1) is 13.6. The first-order valence-corrected chi connectivity index (χ1v) is 9.98. The molecule has 1 saturated heterocycles. The molecule has 0 atom stereocenters. The summed E-state index contributed by atoms with van der Waals surface area (Å²) in [6.07, 6.45) is 3.58. The van der Waals surface area contributed by atoms with E-state index in [9.17, 15) is 4.79 Å². The molecule has 2 aromatic rings. The fourth-order valence-electron chi connectivity index (χ4n) is 3.40. The van der Waals surface area contributed by atoms with Crippen LogP contribution in [0.5, 0.6) is 0 Å². The fraction of sp³-hybridized carbons (Fsp3) is 0.409. The standard InChI is InChI=1S/C22H29N5O/c1-4-25(5-2)20-11-12-21(24-23-20)26-14-16-27(17-15-26)22(28)13-10-19-9-7-6-8-18(19)3/h6-13H,4-5,14-17H2,1-3H3/b13-10+. The summed E-state index contributed by atoms with van der Waals surface area (Å²) in [6, 6.07) is 12.1. The van der Waals surface area contributed by atoms with E-state index in [1.807, 2.05) is 41.3 Å². The Balaban J connectivity index is 1.55. The normalized spacial score (nSPS) is 14.5. The average molecular weight is 380 g/mol. The zero-order valence-corrected chi connectivity index (χ0v) is 17.0. The quantitative estimate of drug-likeness (QED) is 0.722. The number of carbonyl (C=O) groups is 1. The van der Waals surface area contributed by atoms with Crippen LogP contribution in [0.25, 0.3) is 6.08 Å². The smallest absolute Gasteiger partial charge is 0.246 e. The van der Waals surface area contributed by atoms with Crippen LogP contribution in [0, 0.1) is 6.92 Å². The molecule has 28 heavy (non-hydrogen) atoms. The average Bonchev–Trinajstić information content (AvgIpc) is 2.74. The Hall–Kier alpha value is -2.89. The first kappa shape index (κ1) is 19.9. The maximum atomic E-state index is 12.5. The van der Waals surface area contributed by atoms with Gasteiger partial charge in [0.2, 0.25) is 5.91 Å². The summed E-state index contributed by atoms with van der Waals surface area (Å²) in [6.45, 7) is 11.0. The van der Waals surface area contributed by atoms with Crippen LogP contribution in [-0.2, 0) is 4.79 Å². The van der Waals surface area contributed by atoms with Crippen molar-refractivity contribution < 1.29 is 4.79 Å². The van der Waals surface area contributed by atoms with E-state index in [2.05, 4.69) is 46.8 Å². The maximum absolute atomic E-state index is 12.5. The van der Waals surface area contributed by atoms with Gasteiger partial charge < -0.3 is 14.7 Å². The van der Waals surface area contributed by atoms with Crippen LogP contribution in [0.1, 0.15) is 25.0 Å². The topological polar surface area (TPSA) is 52.6 Å². The molecule has 1 aromatic heterocycles. The summed E-state index contributed by atoms with van der Waals surface area (Å²) in [4.78, 5) is 18.8. The van der Waals surface area contributed by atoms with Crippen molar-refractivity contribution in [2.45, 2.75) is 20.8 Å². The number of benzene rings is 1. The number of hydrogen-bond donors (Lipinski definition) is 0. The summed E-state index contributed by atoms with van der Waals surface area (Å²) in [5.41, 5.74) is 2.25. The van der Waals surface area contributed by atoms with Gasteiger partial charge in [0, 0.05) is 45.3 Å². The second kappa shape index (κ2) is 9.35. The van der Waals surface area contributed by atoms with Gasteiger partial charge in [0.1, 0.15) is 0 Å². The van der Waals surface area contributed by atoms with E-state index >= 15 is 0 Å². The minimum atomic E-state index is 0.0610. The van der Waals surface area contributed by atoms with Gasteiger partial charge in [-0.05, 0) is 50.1 Å². The van der Waals surface area contributed by atoms with E-state index in [1.54, 1.807) is 6.08 Å². The van der Waals surface area contributed by atoms with Gasteiger partial charge in [-0.1, -0.05) is 24.3 Å². The highest BCUT2D eigenvalue weighted by atomic mass is 16.2. The fourth-order valence-corrected chi connectivity index (χ4v) is 3.40. The van der Waals surface area contributed by atoms with Crippen molar-refractivity contribution in [3.63, 3.8) is 0 Å². The van der Waals surface area contributed by atoms with Gasteiger partial charge in [-0.2, -0.15) is 0 Å². The van der Waals surface area contributed by atoms with Gasteiger partial charge in [0.25, 0.3) is 0 Å². The molecule has 0 N–H and O–H groups in total. The molecule has 0 aliphatic carbocycles. The van der Waals surface area contributed by atoms with Gasteiger partial charge in [-0.25, -0.2) is 0 Å². The van der Waals surface area contributed by atoms with E-state index in [4.69, 9.17) is 0 Å². The van der Waals surface area contributed by atoms with E-state index in [0.29, 0.717) is 13.1 Å². The summed E-state index contributed by atoms with van der Waals surface area (Å²) < 4.78 is 0. The van der Waals surface area contributed by atoms with Gasteiger partial charge in [-0.15, -0.1) is 10.2 Å². The van der Waals surface area contributed by atoms with Crippen LogP contribution in [0.3, 0.4) is 0 Å². The van der Waals surface area contributed by atoms with E-state index < -0.39 is 0 Å². The molecule has 0 unspecified atom stereocenters. The largest absolute Gasteiger partial charge is 0.356 e. The minimum Gasteiger partial charge on any atom is -0.356 e. The number of carbonyl (C=O) groups excluding carboxylic acids is 1. The predicted octanol–water partition coefficient (Wildman–Crippen LogP) is 2.99. The SMILES string of the molecule is CCN(CC)c1ccc(N2CCN(C(=O)/C=C/c3ccccc3C)CC2)nn1. The Bertz CT molecular complexity index is 806. The second-order valence-electron chi connectivity index (χ2n) is 6.92. The molecule has 1 fully saturated rings. The summed E-state index contributed by atoms with van der Waals surface area (Å²) in [7, 11) is 0. The van der Waals surface area contributed by atoms with Gasteiger partial charge in [0.15, 0.2) is 11.6 Å². The predicted molar refractivity (Wildman–Crippen MR) is 115 cm³/mol. The van der Waals surface area contributed by atoms with Crippen molar-refractivity contribution >= 4 is 23.6 Å². The number of nitrogens with zero attached hydrogens (tertiary/aromatic N) is 5. The zero-order valence-electron chi connectivity index (χ0n) is 17.0. The molecule has 148 valence electrons. The second-order valence-corrected chi connectivity index (χ2v) is 6.92. The molecule has 0 radical (unpaired) electrons. The lowest BCUT2D eigenvalue weighted by atomic mass is 10.1. The van der Waals surface area contributed by atoms with Crippen molar-refractivity contribution in [3.8, 4) is 0 Å². The number of aryl methyl sites for hydroxylation is 1. The number of aromatic nitrogens is 2. The maximum Gasteiger partial charge on any atom is 0.246 e. The molecule has 3 rings (SSSR count). The molecule has 1 amide bonds. The molecule has 0 spiro atoms. The van der Waals surface area contributed by atoms with E-state index in [0.717, 1.165) is 43.4 Å². The summed E-state index contributed by atoms with van der Waals surface area (Å²) >= 11 is 0. The van der Waals surface area contributed by atoms with Crippen LogP contribution in [0.15, 0.2) is 42.5 Å². The monoisotopic (exact) mass is 379 g/mol. The molecular weight excluding hydrogens is 350 g/mol. The zero-order chi connectivity index (χ0) is 19.9. The lowest BCUT2D eigenvalue weighted by Gasteiger charge is -2.34. The van der Waals surface area contributed by atoms with Crippen molar-refractivity contribution in [1.82, 2.24) is 15.1 Å². The number of piperazine rings is 1. The van der Waals surface area contributed by atoms with Crippen LogP contribution >= 0.6 is 0 Å². The number of anilines is 2. The number of hydrogen-bond acceptors (Lipinski definition) is 5. The molecule has 0 bridgehead atoms. The Kier molecular flexibility index (Phi) is 6.63. The third kappa shape index (κ3) is 4.68. The van der Waals surface area contributed by atoms with Crippen LogP contribution in [-0.4, -0.2) is 60.3 Å². The Labute approximate surface area is 167 Å². The van der Waals surface area contributed by atoms with Crippen molar-refractivity contribution in [2.24, 2.45) is 0 Å². The first-order valence-electron chi connectivity index (χ1n) is 9.98. The van der Waals surface area contributed by atoms with Crippen molar-refractivity contribution in [2.75, 3.05) is 49.1 Å². The Morgan fingerprint density at radius 2 is 1.75 bits per heavy atom. The highest BCUT2D eigenvalue weighted by molar-refractivity contribution is 5.92. The van der Waals surface area contributed by atoms with E-state index in [-0.39, 0.29) is 5.91 Å². The third-order valence-electron chi connectivity index (χ3n) is 5.23. The molecule has 1 aliphatic heterocycles. The van der Waals surface area contributed by atoms with Crippen molar-refractivity contribution in [1.29, 1.82) is 0 Å². The van der Waals surface area contributed by atoms with Gasteiger partial charge >= 0.3 is 0 Å². The molecule has 6 nitrogen and oxygen atoms in total. The summed E-state index contributed by atoms with van der Waals surface area (Å²) in [5, 5.41) is 8.76. The molecule has 2 heterocycles. The highest BCUT2D eigenvalue weighted by Gasteiger charge is 2.21. The number of amides is 1. The highest BCUT2D eigenvalue weighted by Crippen LogP contribution is 2.17. The third-order valence-corrected chi connectivity index (χ3v) is 5.23. The molecule has 6 heteroatoms. The molecule has 0 saturated carbocycles.